The monoisotopic (exact) mass is 221 g/mol. The van der Waals surface area contributed by atoms with Gasteiger partial charge in [-0.1, -0.05) is 0 Å². The van der Waals surface area contributed by atoms with Crippen LogP contribution in [0.15, 0.2) is 24.3 Å². The lowest BCUT2D eigenvalue weighted by Gasteiger charge is -2.15. The predicted molar refractivity (Wildman–Crippen MR) is 62.3 cm³/mol. The fourth-order valence-electron chi connectivity index (χ4n) is 1.08. The molecule has 0 radical (unpaired) electrons. The van der Waals surface area contributed by atoms with E-state index >= 15 is 0 Å². The number of nitrogens with one attached hydrogen (secondary N) is 1. The maximum atomic E-state index is 11.5. The zero-order valence-electron chi connectivity index (χ0n) is 9.36. The lowest BCUT2D eigenvalue weighted by molar-refractivity contribution is 0.100. The van der Waals surface area contributed by atoms with Crippen LogP contribution in [0.1, 0.15) is 17.3 Å². The predicted octanol–water partition coefficient (Wildman–Crippen LogP) is 1.27. The van der Waals surface area contributed by atoms with Gasteiger partial charge in [-0.25, -0.2) is 4.79 Å². The number of hydrogen-bond acceptors (Lipinski definition) is 2. The highest BCUT2D eigenvalue weighted by molar-refractivity contribution is 5.94. The van der Waals surface area contributed by atoms with Crippen molar-refractivity contribution in [2.75, 3.05) is 18.9 Å². The van der Waals surface area contributed by atoms with E-state index in [1.165, 1.54) is 0 Å². The van der Waals surface area contributed by atoms with Crippen LogP contribution in [0.4, 0.5) is 10.5 Å². The van der Waals surface area contributed by atoms with Crippen molar-refractivity contribution < 1.29 is 9.59 Å². The molecule has 1 aromatic carbocycles. The van der Waals surface area contributed by atoms with Crippen molar-refractivity contribution in [3.8, 4) is 0 Å². The van der Waals surface area contributed by atoms with Gasteiger partial charge in [0, 0.05) is 24.8 Å². The topological polar surface area (TPSA) is 75.4 Å². The van der Waals surface area contributed by atoms with Crippen molar-refractivity contribution in [3.05, 3.63) is 29.8 Å². The number of nitrogens with zero attached hydrogens (tertiary/aromatic N) is 1. The van der Waals surface area contributed by atoms with Gasteiger partial charge in [-0.05, 0) is 31.2 Å². The molecular weight excluding hydrogens is 206 g/mol. The van der Waals surface area contributed by atoms with Gasteiger partial charge in [0.2, 0.25) is 5.91 Å². The number of primary amides is 1. The lowest BCUT2D eigenvalue weighted by Crippen LogP contribution is -2.30. The Kier molecular flexibility index (Phi) is 3.88. The largest absolute Gasteiger partial charge is 0.366 e. The summed E-state index contributed by atoms with van der Waals surface area (Å²) in [7, 11) is 1.70. The fraction of sp³-hybridized carbons (Fsp3) is 0.273. The number of anilines is 1. The summed E-state index contributed by atoms with van der Waals surface area (Å²) in [5.74, 6) is -0.483. The molecule has 1 rings (SSSR count). The highest BCUT2D eigenvalue weighted by Crippen LogP contribution is 2.09. The van der Waals surface area contributed by atoms with E-state index in [0.717, 1.165) is 0 Å². The van der Waals surface area contributed by atoms with E-state index in [-0.39, 0.29) is 6.03 Å². The average Bonchev–Trinajstić information content (AvgIpc) is 2.28. The van der Waals surface area contributed by atoms with Crippen LogP contribution in [0, 0.1) is 0 Å². The van der Waals surface area contributed by atoms with Gasteiger partial charge in [0.05, 0.1) is 0 Å². The van der Waals surface area contributed by atoms with E-state index in [1.54, 1.807) is 36.2 Å². The summed E-state index contributed by atoms with van der Waals surface area (Å²) in [6.07, 6.45) is 0. The maximum Gasteiger partial charge on any atom is 0.321 e. The van der Waals surface area contributed by atoms with Gasteiger partial charge in [0.1, 0.15) is 0 Å². The maximum absolute atomic E-state index is 11.5. The second-order valence-corrected chi connectivity index (χ2v) is 3.39. The molecule has 0 atom stereocenters. The number of urea groups is 1. The number of nitrogens with two attached hydrogens (primary N) is 1. The zero-order valence-corrected chi connectivity index (χ0v) is 9.36. The third-order valence-electron chi connectivity index (χ3n) is 2.24. The number of amides is 3. The quantitative estimate of drug-likeness (QED) is 0.806. The summed E-state index contributed by atoms with van der Waals surface area (Å²) in [6.45, 7) is 2.51. The van der Waals surface area contributed by atoms with Crippen LogP contribution >= 0.6 is 0 Å². The van der Waals surface area contributed by atoms with Gasteiger partial charge in [-0.3, -0.25) is 4.79 Å². The van der Waals surface area contributed by atoms with Gasteiger partial charge in [-0.2, -0.15) is 0 Å². The van der Waals surface area contributed by atoms with E-state index < -0.39 is 5.91 Å². The molecule has 86 valence electrons. The van der Waals surface area contributed by atoms with E-state index in [9.17, 15) is 9.59 Å². The van der Waals surface area contributed by atoms with Crippen molar-refractivity contribution in [1.29, 1.82) is 0 Å². The van der Waals surface area contributed by atoms with Gasteiger partial charge < -0.3 is 16.0 Å². The summed E-state index contributed by atoms with van der Waals surface area (Å²) < 4.78 is 0. The molecule has 0 bridgehead atoms. The highest BCUT2D eigenvalue weighted by atomic mass is 16.2. The summed E-state index contributed by atoms with van der Waals surface area (Å²) in [5.41, 5.74) is 6.15. The minimum atomic E-state index is -0.483. The van der Waals surface area contributed by atoms with Crippen molar-refractivity contribution >= 4 is 17.6 Å². The molecule has 0 heterocycles. The smallest absolute Gasteiger partial charge is 0.321 e. The standard InChI is InChI=1S/C11H15N3O2/c1-3-14(2)11(16)13-9-6-4-8(5-7-9)10(12)15/h4-7H,3H2,1-2H3,(H2,12,15)(H,13,16). The second-order valence-electron chi connectivity index (χ2n) is 3.39. The molecule has 0 fully saturated rings. The molecule has 0 saturated heterocycles. The minimum absolute atomic E-state index is 0.186. The van der Waals surface area contributed by atoms with Crippen LogP contribution in [0.25, 0.3) is 0 Å². The van der Waals surface area contributed by atoms with Crippen LogP contribution in [-0.4, -0.2) is 30.4 Å². The molecule has 0 aliphatic rings. The fourth-order valence-corrected chi connectivity index (χ4v) is 1.08. The van der Waals surface area contributed by atoms with E-state index in [0.29, 0.717) is 17.8 Å². The molecule has 5 heteroatoms. The first kappa shape index (κ1) is 12.0. The molecule has 0 aromatic heterocycles. The van der Waals surface area contributed by atoms with E-state index in [4.69, 9.17) is 5.73 Å². The molecule has 0 unspecified atom stereocenters. The van der Waals surface area contributed by atoms with Gasteiger partial charge >= 0.3 is 6.03 Å². The Hall–Kier alpha value is -2.04. The Morgan fingerprint density at radius 2 is 1.88 bits per heavy atom. The number of carbonyl (C=O) groups excluding carboxylic acids is 2. The molecule has 5 nitrogen and oxygen atoms in total. The molecule has 0 aliphatic carbocycles. The van der Waals surface area contributed by atoms with Gasteiger partial charge in [-0.15, -0.1) is 0 Å². The summed E-state index contributed by atoms with van der Waals surface area (Å²) >= 11 is 0. The van der Waals surface area contributed by atoms with Gasteiger partial charge in [0.25, 0.3) is 0 Å². The molecule has 1 aromatic rings. The Labute approximate surface area is 94.2 Å². The first-order valence-electron chi connectivity index (χ1n) is 4.96. The Morgan fingerprint density at radius 3 is 2.31 bits per heavy atom. The normalized spacial score (nSPS) is 9.62. The molecule has 0 spiro atoms. The number of hydrogen-bond donors (Lipinski definition) is 2. The third-order valence-corrected chi connectivity index (χ3v) is 2.24. The molecule has 3 amide bonds. The van der Waals surface area contributed by atoms with Crippen LogP contribution in [-0.2, 0) is 0 Å². The Bertz CT molecular complexity index is 387. The molecule has 0 saturated carbocycles. The summed E-state index contributed by atoms with van der Waals surface area (Å²) in [5, 5.41) is 2.69. The summed E-state index contributed by atoms with van der Waals surface area (Å²) in [4.78, 5) is 23.8. The first-order valence-corrected chi connectivity index (χ1v) is 4.96. The van der Waals surface area contributed by atoms with Gasteiger partial charge in [0.15, 0.2) is 0 Å². The van der Waals surface area contributed by atoms with Crippen molar-refractivity contribution in [2.45, 2.75) is 6.92 Å². The minimum Gasteiger partial charge on any atom is -0.366 e. The second kappa shape index (κ2) is 5.16. The Balaban J connectivity index is 2.69. The highest BCUT2D eigenvalue weighted by Gasteiger charge is 2.06. The number of benzene rings is 1. The average molecular weight is 221 g/mol. The van der Waals surface area contributed by atoms with Crippen LogP contribution in [0.3, 0.4) is 0 Å². The van der Waals surface area contributed by atoms with Crippen LogP contribution in [0.5, 0.6) is 0 Å². The molecule has 3 N–H and O–H groups in total. The number of carbonyl (C=O) groups is 2. The third kappa shape index (κ3) is 2.98. The first-order chi connectivity index (χ1) is 7.54. The van der Waals surface area contributed by atoms with Crippen molar-refractivity contribution in [1.82, 2.24) is 4.90 Å². The lowest BCUT2D eigenvalue weighted by atomic mass is 10.2. The molecule has 16 heavy (non-hydrogen) atoms. The molecular formula is C11H15N3O2. The van der Waals surface area contributed by atoms with Crippen LogP contribution < -0.4 is 11.1 Å². The van der Waals surface area contributed by atoms with E-state index in [1.807, 2.05) is 6.92 Å². The van der Waals surface area contributed by atoms with Crippen LogP contribution in [0.2, 0.25) is 0 Å². The van der Waals surface area contributed by atoms with Crippen molar-refractivity contribution in [3.63, 3.8) is 0 Å². The van der Waals surface area contributed by atoms with Crippen molar-refractivity contribution in [2.24, 2.45) is 5.73 Å². The number of rotatable bonds is 3. The molecule has 0 aliphatic heterocycles. The van der Waals surface area contributed by atoms with E-state index in [2.05, 4.69) is 5.32 Å². The Morgan fingerprint density at radius 1 is 1.31 bits per heavy atom. The summed E-state index contributed by atoms with van der Waals surface area (Å²) in [6, 6.07) is 6.24. The zero-order chi connectivity index (χ0) is 12.1. The SMILES string of the molecule is CCN(C)C(=O)Nc1ccc(C(N)=O)cc1.